The molecule has 2 aliphatic heterocycles. The fourth-order valence-corrected chi connectivity index (χ4v) is 2.61. The average molecular weight is 227 g/mol. The van der Waals surface area contributed by atoms with Crippen molar-refractivity contribution in [1.29, 1.82) is 0 Å². The van der Waals surface area contributed by atoms with Crippen molar-refractivity contribution in [1.82, 2.24) is 15.1 Å². The zero-order valence-corrected chi connectivity index (χ0v) is 9.85. The zero-order valence-electron chi connectivity index (χ0n) is 9.85. The Kier molecular flexibility index (Phi) is 3.78. The molecule has 0 bridgehead atoms. The number of carbonyl (C=O) groups excluding carboxylic acids is 1. The SMILES string of the molecule is CC(=O)N1CCCN(C2CNCC2O)CC1. The minimum absolute atomic E-state index is 0.159. The molecular formula is C11H21N3O2. The van der Waals surface area contributed by atoms with Crippen molar-refractivity contribution < 1.29 is 9.90 Å². The first-order valence-electron chi connectivity index (χ1n) is 6.07. The Morgan fingerprint density at radius 1 is 1.25 bits per heavy atom. The molecule has 5 heteroatoms. The van der Waals surface area contributed by atoms with Crippen LogP contribution in [0.4, 0.5) is 0 Å². The Labute approximate surface area is 96.4 Å². The molecular weight excluding hydrogens is 206 g/mol. The molecule has 2 saturated heterocycles. The third kappa shape index (κ3) is 2.53. The number of amides is 1. The van der Waals surface area contributed by atoms with E-state index in [9.17, 15) is 9.90 Å². The second kappa shape index (κ2) is 5.12. The largest absolute Gasteiger partial charge is 0.390 e. The summed E-state index contributed by atoms with van der Waals surface area (Å²) in [5, 5.41) is 13.0. The quantitative estimate of drug-likeness (QED) is 0.595. The number of carbonyl (C=O) groups is 1. The standard InChI is InChI=1S/C11H21N3O2/c1-9(15)13-3-2-4-14(6-5-13)10-7-12-8-11(10)16/h10-12,16H,2-8H2,1H3. The van der Waals surface area contributed by atoms with Gasteiger partial charge in [-0.1, -0.05) is 0 Å². The van der Waals surface area contributed by atoms with Gasteiger partial charge in [0.1, 0.15) is 0 Å². The zero-order chi connectivity index (χ0) is 11.5. The van der Waals surface area contributed by atoms with E-state index in [1.165, 1.54) is 0 Å². The van der Waals surface area contributed by atoms with Gasteiger partial charge < -0.3 is 15.3 Å². The van der Waals surface area contributed by atoms with Crippen molar-refractivity contribution in [2.45, 2.75) is 25.5 Å². The van der Waals surface area contributed by atoms with Gasteiger partial charge in [-0.2, -0.15) is 0 Å². The number of hydrogen-bond acceptors (Lipinski definition) is 4. The van der Waals surface area contributed by atoms with Gasteiger partial charge in [-0.15, -0.1) is 0 Å². The highest BCUT2D eigenvalue weighted by molar-refractivity contribution is 5.73. The van der Waals surface area contributed by atoms with Gasteiger partial charge in [0.05, 0.1) is 6.10 Å². The van der Waals surface area contributed by atoms with Gasteiger partial charge in [0.15, 0.2) is 0 Å². The van der Waals surface area contributed by atoms with Crippen LogP contribution >= 0.6 is 0 Å². The fraction of sp³-hybridized carbons (Fsp3) is 0.909. The molecule has 0 saturated carbocycles. The topological polar surface area (TPSA) is 55.8 Å². The second-order valence-corrected chi connectivity index (χ2v) is 4.69. The first kappa shape index (κ1) is 11.8. The lowest BCUT2D eigenvalue weighted by molar-refractivity contribution is -0.128. The lowest BCUT2D eigenvalue weighted by atomic mass is 10.2. The normalized spacial score (nSPS) is 32.8. The van der Waals surface area contributed by atoms with Gasteiger partial charge >= 0.3 is 0 Å². The summed E-state index contributed by atoms with van der Waals surface area (Å²) in [6.45, 7) is 6.68. The van der Waals surface area contributed by atoms with Crippen LogP contribution in [0.25, 0.3) is 0 Å². The third-order valence-corrected chi connectivity index (χ3v) is 3.60. The first-order chi connectivity index (χ1) is 7.68. The Morgan fingerprint density at radius 3 is 2.69 bits per heavy atom. The molecule has 5 nitrogen and oxygen atoms in total. The number of aliphatic hydroxyl groups is 1. The summed E-state index contributed by atoms with van der Waals surface area (Å²) in [5.74, 6) is 0.159. The van der Waals surface area contributed by atoms with E-state index in [2.05, 4.69) is 10.2 Å². The highest BCUT2D eigenvalue weighted by Crippen LogP contribution is 2.13. The molecule has 2 N–H and O–H groups in total. The van der Waals surface area contributed by atoms with E-state index >= 15 is 0 Å². The average Bonchev–Trinajstić information content (AvgIpc) is 2.54. The summed E-state index contributed by atoms with van der Waals surface area (Å²) >= 11 is 0. The van der Waals surface area contributed by atoms with Crippen LogP contribution in [0, 0.1) is 0 Å². The Hall–Kier alpha value is -0.650. The molecule has 0 aliphatic carbocycles. The summed E-state index contributed by atoms with van der Waals surface area (Å²) in [6, 6.07) is 0.229. The van der Waals surface area contributed by atoms with Gasteiger partial charge in [-0.25, -0.2) is 0 Å². The van der Waals surface area contributed by atoms with Gasteiger partial charge in [-0.3, -0.25) is 9.69 Å². The van der Waals surface area contributed by atoms with Crippen molar-refractivity contribution in [3.05, 3.63) is 0 Å². The number of nitrogens with zero attached hydrogens (tertiary/aromatic N) is 2. The van der Waals surface area contributed by atoms with Crippen LogP contribution in [0.5, 0.6) is 0 Å². The molecule has 2 aliphatic rings. The van der Waals surface area contributed by atoms with Crippen LogP contribution in [-0.2, 0) is 4.79 Å². The van der Waals surface area contributed by atoms with Crippen LogP contribution in [0.3, 0.4) is 0 Å². The highest BCUT2D eigenvalue weighted by atomic mass is 16.3. The minimum Gasteiger partial charge on any atom is -0.390 e. The summed E-state index contributed by atoms with van der Waals surface area (Å²) in [6.07, 6.45) is 0.742. The molecule has 0 aromatic carbocycles. The molecule has 2 atom stereocenters. The van der Waals surface area contributed by atoms with Crippen molar-refractivity contribution >= 4 is 5.91 Å². The number of β-amino-alcohol motifs (C(OH)–C–C–N with tert-alkyl or cyclic N) is 1. The van der Waals surface area contributed by atoms with E-state index in [1.54, 1.807) is 6.92 Å². The van der Waals surface area contributed by atoms with Crippen LogP contribution < -0.4 is 5.32 Å². The summed E-state index contributed by atoms with van der Waals surface area (Å²) in [5.41, 5.74) is 0. The number of hydrogen-bond donors (Lipinski definition) is 2. The highest BCUT2D eigenvalue weighted by Gasteiger charge is 2.31. The predicted molar refractivity (Wildman–Crippen MR) is 61.1 cm³/mol. The molecule has 16 heavy (non-hydrogen) atoms. The summed E-state index contributed by atoms with van der Waals surface area (Å²) < 4.78 is 0. The summed E-state index contributed by atoms with van der Waals surface area (Å²) in [7, 11) is 0. The maximum absolute atomic E-state index is 11.3. The van der Waals surface area contributed by atoms with Crippen LogP contribution in [0.1, 0.15) is 13.3 Å². The predicted octanol–water partition coefficient (Wildman–Crippen LogP) is -1.13. The number of aliphatic hydroxyl groups excluding tert-OH is 1. The molecule has 2 unspecified atom stereocenters. The molecule has 0 radical (unpaired) electrons. The van der Waals surface area contributed by atoms with Crippen LogP contribution in [0.2, 0.25) is 0 Å². The smallest absolute Gasteiger partial charge is 0.219 e. The second-order valence-electron chi connectivity index (χ2n) is 4.69. The van der Waals surface area contributed by atoms with Crippen molar-refractivity contribution in [2.24, 2.45) is 0 Å². The molecule has 0 spiro atoms. The van der Waals surface area contributed by atoms with Crippen molar-refractivity contribution in [3.63, 3.8) is 0 Å². The molecule has 2 rings (SSSR count). The van der Waals surface area contributed by atoms with E-state index in [0.29, 0.717) is 6.54 Å². The molecule has 2 fully saturated rings. The van der Waals surface area contributed by atoms with E-state index in [0.717, 1.165) is 39.1 Å². The van der Waals surface area contributed by atoms with Crippen molar-refractivity contribution in [3.8, 4) is 0 Å². The minimum atomic E-state index is -0.260. The lowest BCUT2D eigenvalue weighted by Crippen LogP contribution is -2.45. The number of nitrogens with one attached hydrogen (secondary N) is 1. The van der Waals surface area contributed by atoms with E-state index in [-0.39, 0.29) is 18.1 Å². The Morgan fingerprint density at radius 2 is 2.06 bits per heavy atom. The van der Waals surface area contributed by atoms with Gasteiger partial charge in [0.25, 0.3) is 0 Å². The Balaban J connectivity index is 1.90. The van der Waals surface area contributed by atoms with Gasteiger partial charge in [0.2, 0.25) is 5.91 Å². The van der Waals surface area contributed by atoms with Gasteiger partial charge in [0, 0.05) is 52.2 Å². The van der Waals surface area contributed by atoms with E-state index in [1.807, 2.05) is 4.90 Å². The third-order valence-electron chi connectivity index (χ3n) is 3.60. The molecule has 1 amide bonds. The fourth-order valence-electron chi connectivity index (χ4n) is 2.61. The van der Waals surface area contributed by atoms with E-state index < -0.39 is 0 Å². The van der Waals surface area contributed by atoms with Crippen LogP contribution in [-0.4, -0.2) is 72.2 Å². The lowest BCUT2D eigenvalue weighted by Gasteiger charge is -2.28. The maximum Gasteiger partial charge on any atom is 0.219 e. The first-order valence-corrected chi connectivity index (χ1v) is 6.07. The number of rotatable bonds is 1. The molecule has 0 aromatic rings. The van der Waals surface area contributed by atoms with Gasteiger partial charge in [-0.05, 0) is 6.42 Å². The monoisotopic (exact) mass is 227 g/mol. The maximum atomic E-state index is 11.3. The summed E-state index contributed by atoms with van der Waals surface area (Å²) in [4.78, 5) is 15.5. The molecule has 92 valence electrons. The molecule has 0 aromatic heterocycles. The van der Waals surface area contributed by atoms with Crippen molar-refractivity contribution in [2.75, 3.05) is 39.3 Å². The Bertz CT molecular complexity index is 260. The molecule has 2 heterocycles. The van der Waals surface area contributed by atoms with Crippen LogP contribution in [0.15, 0.2) is 0 Å². The van der Waals surface area contributed by atoms with E-state index in [4.69, 9.17) is 0 Å².